The highest BCUT2D eigenvalue weighted by Gasteiger charge is 2.11. The Kier molecular flexibility index (Phi) is 5.30. The number of benzene rings is 1. The summed E-state index contributed by atoms with van der Waals surface area (Å²) in [7, 11) is 2.97. The third kappa shape index (κ3) is 4.14. The van der Waals surface area contributed by atoms with Crippen LogP contribution in [0.25, 0.3) is 0 Å². The summed E-state index contributed by atoms with van der Waals surface area (Å²) in [6, 6.07) is 6.39. The molecule has 6 heteroatoms. The minimum absolute atomic E-state index is 0.0496. The SMILES string of the molecule is COc1cc(CC(=O)C=C(C#N)C(=O)O)cc(OC)c1. The molecule has 0 heterocycles. The Hall–Kier alpha value is -2.81. The molecule has 0 aliphatic carbocycles. The summed E-state index contributed by atoms with van der Waals surface area (Å²) in [5, 5.41) is 17.3. The Morgan fingerprint density at radius 1 is 1.25 bits per heavy atom. The van der Waals surface area contributed by atoms with Crippen LogP contribution in [0, 0.1) is 11.3 Å². The molecule has 1 aromatic rings. The lowest BCUT2D eigenvalue weighted by molar-refractivity contribution is -0.132. The van der Waals surface area contributed by atoms with Gasteiger partial charge in [-0.2, -0.15) is 5.26 Å². The molecule has 1 rings (SSSR count). The number of carbonyl (C=O) groups is 2. The largest absolute Gasteiger partial charge is 0.497 e. The predicted octanol–water partition coefficient (Wildman–Crippen LogP) is 1.35. The quantitative estimate of drug-likeness (QED) is 0.621. The molecule has 0 aliphatic heterocycles. The zero-order chi connectivity index (χ0) is 15.1. The summed E-state index contributed by atoms with van der Waals surface area (Å²) < 4.78 is 10.1. The van der Waals surface area contributed by atoms with Crippen LogP contribution in [-0.2, 0) is 16.0 Å². The number of ketones is 1. The van der Waals surface area contributed by atoms with Gasteiger partial charge in [-0.3, -0.25) is 4.79 Å². The summed E-state index contributed by atoms with van der Waals surface area (Å²) in [5.41, 5.74) is 0.00925. The van der Waals surface area contributed by atoms with E-state index in [-0.39, 0.29) is 6.42 Å². The number of carbonyl (C=O) groups excluding carboxylic acids is 1. The van der Waals surface area contributed by atoms with Crippen molar-refractivity contribution in [2.75, 3.05) is 14.2 Å². The number of carboxylic acid groups (broad SMARTS) is 1. The molecular formula is C14H13NO5. The van der Waals surface area contributed by atoms with Crippen LogP contribution < -0.4 is 9.47 Å². The fourth-order valence-electron chi connectivity index (χ4n) is 1.52. The maximum atomic E-state index is 11.7. The zero-order valence-corrected chi connectivity index (χ0v) is 11.0. The monoisotopic (exact) mass is 275 g/mol. The first-order valence-electron chi connectivity index (χ1n) is 5.60. The van der Waals surface area contributed by atoms with Crippen molar-refractivity contribution in [1.82, 2.24) is 0 Å². The van der Waals surface area contributed by atoms with E-state index in [0.29, 0.717) is 17.1 Å². The molecule has 0 saturated carbocycles. The Balaban J connectivity index is 2.96. The Morgan fingerprint density at radius 2 is 1.80 bits per heavy atom. The normalized spacial score (nSPS) is 10.6. The first-order valence-corrected chi connectivity index (χ1v) is 5.60. The molecule has 6 nitrogen and oxygen atoms in total. The predicted molar refractivity (Wildman–Crippen MR) is 69.6 cm³/mol. The minimum Gasteiger partial charge on any atom is -0.497 e. The van der Waals surface area contributed by atoms with Gasteiger partial charge < -0.3 is 14.6 Å². The second-order valence-corrected chi connectivity index (χ2v) is 3.84. The third-order valence-electron chi connectivity index (χ3n) is 2.45. The highest BCUT2D eigenvalue weighted by atomic mass is 16.5. The average molecular weight is 275 g/mol. The topological polar surface area (TPSA) is 96.6 Å². The van der Waals surface area contributed by atoms with Crippen molar-refractivity contribution < 1.29 is 24.2 Å². The molecule has 20 heavy (non-hydrogen) atoms. The molecular weight excluding hydrogens is 262 g/mol. The van der Waals surface area contributed by atoms with Crippen LogP contribution in [0.2, 0.25) is 0 Å². The zero-order valence-electron chi connectivity index (χ0n) is 11.0. The molecule has 0 bridgehead atoms. The smallest absolute Gasteiger partial charge is 0.346 e. The van der Waals surface area contributed by atoms with Crippen LogP contribution in [-0.4, -0.2) is 31.1 Å². The van der Waals surface area contributed by atoms with E-state index >= 15 is 0 Å². The Morgan fingerprint density at radius 3 is 2.20 bits per heavy atom. The molecule has 0 amide bonds. The third-order valence-corrected chi connectivity index (χ3v) is 2.45. The van der Waals surface area contributed by atoms with Crippen molar-refractivity contribution in [1.29, 1.82) is 5.26 Å². The van der Waals surface area contributed by atoms with Gasteiger partial charge in [0.05, 0.1) is 14.2 Å². The fraction of sp³-hybridized carbons (Fsp3) is 0.214. The molecule has 1 aromatic carbocycles. The molecule has 0 aliphatic rings. The number of hydrogen-bond donors (Lipinski definition) is 1. The number of nitrogens with zero attached hydrogens (tertiary/aromatic N) is 1. The maximum absolute atomic E-state index is 11.7. The van der Waals surface area contributed by atoms with Gasteiger partial charge in [-0.15, -0.1) is 0 Å². The lowest BCUT2D eigenvalue weighted by atomic mass is 10.1. The number of carboxylic acids is 1. The summed E-state index contributed by atoms with van der Waals surface area (Å²) >= 11 is 0. The molecule has 0 fully saturated rings. The van der Waals surface area contributed by atoms with Crippen LogP contribution in [0.5, 0.6) is 11.5 Å². The van der Waals surface area contributed by atoms with Gasteiger partial charge in [-0.1, -0.05) is 0 Å². The first-order chi connectivity index (χ1) is 9.49. The van der Waals surface area contributed by atoms with Gasteiger partial charge >= 0.3 is 5.97 Å². The second kappa shape index (κ2) is 6.95. The summed E-state index contributed by atoms with van der Waals surface area (Å²) in [5.74, 6) is -0.868. The molecule has 104 valence electrons. The van der Waals surface area contributed by atoms with Crippen LogP contribution in [0.1, 0.15) is 5.56 Å². The molecule has 0 atom stereocenters. The highest BCUT2D eigenvalue weighted by molar-refractivity contribution is 6.01. The number of ether oxygens (including phenoxy) is 2. The number of methoxy groups -OCH3 is 2. The molecule has 0 radical (unpaired) electrons. The minimum atomic E-state index is -1.43. The van der Waals surface area contributed by atoms with E-state index in [9.17, 15) is 9.59 Å². The Bertz CT molecular complexity index is 576. The van der Waals surface area contributed by atoms with Gasteiger partial charge in [0.2, 0.25) is 0 Å². The van der Waals surface area contributed by atoms with Crippen molar-refractivity contribution in [3.05, 3.63) is 35.4 Å². The second-order valence-electron chi connectivity index (χ2n) is 3.84. The van der Waals surface area contributed by atoms with Crippen molar-refractivity contribution in [3.8, 4) is 17.6 Å². The van der Waals surface area contributed by atoms with Crippen molar-refractivity contribution in [2.45, 2.75) is 6.42 Å². The van der Waals surface area contributed by atoms with Crippen LogP contribution in [0.3, 0.4) is 0 Å². The van der Waals surface area contributed by atoms with E-state index in [0.717, 1.165) is 6.08 Å². The first kappa shape index (κ1) is 15.2. The maximum Gasteiger partial charge on any atom is 0.346 e. The molecule has 0 spiro atoms. The van der Waals surface area contributed by atoms with E-state index < -0.39 is 17.3 Å². The lowest BCUT2D eigenvalue weighted by Crippen LogP contribution is -2.05. The Labute approximate surface area is 115 Å². The molecule has 0 aromatic heterocycles. The number of rotatable bonds is 6. The highest BCUT2D eigenvalue weighted by Crippen LogP contribution is 2.23. The van der Waals surface area contributed by atoms with Gasteiger partial charge in [-0.25, -0.2) is 4.79 Å². The van der Waals surface area contributed by atoms with E-state index in [4.69, 9.17) is 19.8 Å². The van der Waals surface area contributed by atoms with Gasteiger partial charge in [0.1, 0.15) is 23.1 Å². The number of hydrogen-bond acceptors (Lipinski definition) is 5. The van der Waals surface area contributed by atoms with Gasteiger partial charge in [-0.05, 0) is 17.7 Å². The van der Waals surface area contributed by atoms with E-state index in [1.807, 2.05) is 0 Å². The fourth-order valence-corrected chi connectivity index (χ4v) is 1.52. The molecule has 1 N–H and O–H groups in total. The number of nitriles is 1. The lowest BCUT2D eigenvalue weighted by Gasteiger charge is -2.07. The van der Waals surface area contributed by atoms with Crippen molar-refractivity contribution in [3.63, 3.8) is 0 Å². The number of allylic oxidation sites excluding steroid dienone is 1. The van der Waals surface area contributed by atoms with Crippen LogP contribution >= 0.6 is 0 Å². The van der Waals surface area contributed by atoms with E-state index in [2.05, 4.69) is 0 Å². The number of aliphatic carboxylic acids is 1. The van der Waals surface area contributed by atoms with Gasteiger partial charge in [0, 0.05) is 18.6 Å². The average Bonchev–Trinajstić information content (AvgIpc) is 2.43. The van der Waals surface area contributed by atoms with E-state index in [1.54, 1.807) is 18.2 Å². The van der Waals surface area contributed by atoms with Crippen LogP contribution in [0.4, 0.5) is 0 Å². The van der Waals surface area contributed by atoms with Crippen LogP contribution in [0.15, 0.2) is 29.8 Å². The van der Waals surface area contributed by atoms with Crippen molar-refractivity contribution >= 4 is 11.8 Å². The van der Waals surface area contributed by atoms with Gasteiger partial charge in [0.25, 0.3) is 0 Å². The summed E-state index contributed by atoms with van der Waals surface area (Å²) in [6.45, 7) is 0. The molecule has 0 saturated heterocycles. The van der Waals surface area contributed by atoms with E-state index in [1.165, 1.54) is 20.3 Å². The van der Waals surface area contributed by atoms with Crippen molar-refractivity contribution in [2.24, 2.45) is 0 Å². The van der Waals surface area contributed by atoms with Gasteiger partial charge in [0.15, 0.2) is 5.78 Å². The summed E-state index contributed by atoms with van der Waals surface area (Å²) in [6.07, 6.45) is 0.764. The standard InChI is InChI=1S/C14H13NO5/c1-19-12-4-9(5-13(7-12)20-2)3-11(16)6-10(8-15)14(17)18/h4-7H,3H2,1-2H3,(H,17,18). The molecule has 0 unspecified atom stereocenters. The summed E-state index contributed by atoms with van der Waals surface area (Å²) in [4.78, 5) is 22.3.